The van der Waals surface area contributed by atoms with Gasteiger partial charge in [-0.3, -0.25) is 15.2 Å². The standard InChI is InChI=1S/C18H3F30NO3/c19-1-5(21,22)2(20)7(25,26)3(6(1,23)24,51-17(45,46)13(37,49)11(33,34)15(39,40)41)10(31,32)4(8(1,27)28,9(2,29)30)52-18(47,48)14(38,50)12(35,36)16(42,43)44/h50H,49H2. The van der Waals surface area contributed by atoms with E-state index in [0.717, 1.165) is 0 Å². The lowest BCUT2D eigenvalue weighted by Crippen LogP contribution is -3.11. The first-order chi connectivity index (χ1) is 21.9. The smallest absolute Gasteiger partial charge is 0.350 e. The Kier molecular flexibility index (Phi) is 8.12. The zero-order chi connectivity index (χ0) is 42.4. The van der Waals surface area contributed by atoms with Gasteiger partial charge >= 0.3 is 94.9 Å². The second-order valence-corrected chi connectivity index (χ2v) is 10.8. The van der Waals surface area contributed by atoms with Crippen molar-refractivity contribution in [2.24, 2.45) is 5.73 Å². The Morgan fingerprint density at radius 3 is 0.865 bits per heavy atom. The molecule has 4 fully saturated rings. The summed E-state index contributed by atoms with van der Waals surface area (Å²) in [5, 5.41) is 8.49. The molecule has 4 atom stereocenters. The Morgan fingerprint density at radius 1 is 0.365 bits per heavy atom. The number of aliphatic hydroxyl groups is 1. The molecule has 4 unspecified atom stereocenters. The molecule has 0 aromatic heterocycles. The van der Waals surface area contributed by atoms with Gasteiger partial charge in [-0.15, -0.1) is 0 Å². The van der Waals surface area contributed by atoms with E-state index in [1.807, 2.05) is 0 Å². The van der Waals surface area contributed by atoms with Crippen LogP contribution in [-0.4, -0.2) is 111 Å². The Bertz CT molecular complexity index is 1350. The summed E-state index contributed by atoms with van der Waals surface area (Å²) in [4.78, 5) is 0. The maximum atomic E-state index is 15.7. The van der Waals surface area contributed by atoms with Crippen molar-refractivity contribution in [2.75, 3.05) is 0 Å². The van der Waals surface area contributed by atoms with Gasteiger partial charge in [0.15, 0.2) is 0 Å². The van der Waals surface area contributed by atoms with Crippen LogP contribution in [0, 0.1) is 0 Å². The number of alkyl halides is 30. The van der Waals surface area contributed by atoms with Crippen LogP contribution in [0.2, 0.25) is 0 Å². The van der Waals surface area contributed by atoms with Crippen molar-refractivity contribution in [3.05, 3.63) is 0 Å². The summed E-state index contributed by atoms with van der Waals surface area (Å²) < 4.78 is 431. The molecule has 4 rings (SSSR count). The lowest BCUT2D eigenvalue weighted by atomic mass is 9.39. The summed E-state index contributed by atoms with van der Waals surface area (Å²) >= 11 is 0. The average molecular weight is 851 g/mol. The fourth-order valence-corrected chi connectivity index (χ4v) is 5.49. The molecule has 4 aliphatic carbocycles. The molecule has 0 saturated heterocycles. The largest absolute Gasteiger partial charge is 0.459 e. The summed E-state index contributed by atoms with van der Waals surface area (Å²) in [5.74, 6) is -90.9. The average Bonchev–Trinajstić information content (AvgIpc) is 2.88. The van der Waals surface area contributed by atoms with Crippen molar-refractivity contribution in [1.29, 1.82) is 0 Å². The fourth-order valence-electron chi connectivity index (χ4n) is 5.49. The predicted octanol–water partition coefficient (Wildman–Crippen LogP) is 7.63. The van der Waals surface area contributed by atoms with Gasteiger partial charge in [0.25, 0.3) is 11.2 Å². The first kappa shape index (κ1) is 44.1. The van der Waals surface area contributed by atoms with Crippen LogP contribution in [0.15, 0.2) is 0 Å². The molecule has 4 aliphatic rings. The normalized spacial score (nSPS) is 37.4. The van der Waals surface area contributed by atoms with Gasteiger partial charge in [-0.25, -0.2) is 13.2 Å². The minimum atomic E-state index is -9.76. The van der Waals surface area contributed by atoms with E-state index < -0.39 is 106 Å². The second kappa shape index (κ2) is 9.57. The maximum absolute atomic E-state index is 15.7. The highest BCUT2D eigenvalue weighted by Crippen LogP contribution is 2.89. The fraction of sp³-hybridized carbons (Fsp3) is 1.00. The van der Waals surface area contributed by atoms with Crippen LogP contribution in [0.1, 0.15) is 0 Å². The molecule has 0 amide bonds. The number of halogens is 30. The van der Waals surface area contributed by atoms with Gasteiger partial charge in [0.05, 0.1) is 0 Å². The number of ether oxygens (including phenoxy) is 2. The third-order valence-corrected chi connectivity index (χ3v) is 8.21. The van der Waals surface area contributed by atoms with Crippen LogP contribution in [0.4, 0.5) is 132 Å². The van der Waals surface area contributed by atoms with Crippen molar-refractivity contribution < 1.29 is 146 Å². The molecular formula is C18H3F30NO3. The van der Waals surface area contributed by atoms with Crippen LogP contribution in [-0.2, 0) is 9.47 Å². The number of nitrogens with two attached hydrogens (primary N) is 1. The third-order valence-electron chi connectivity index (χ3n) is 8.21. The van der Waals surface area contributed by atoms with Gasteiger partial charge in [0.1, 0.15) is 0 Å². The lowest BCUT2D eigenvalue weighted by Gasteiger charge is -2.76. The highest BCUT2D eigenvalue weighted by atomic mass is 19.4. The van der Waals surface area contributed by atoms with Crippen molar-refractivity contribution >= 4 is 0 Å². The van der Waals surface area contributed by atoms with E-state index in [9.17, 15) is 79.0 Å². The molecule has 4 saturated carbocycles. The topological polar surface area (TPSA) is 64.7 Å². The highest BCUT2D eigenvalue weighted by Gasteiger charge is 3.24. The zero-order valence-corrected chi connectivity index (χ0v) is 22.2. The van der Waals surface area contributed by atoms with E-state index in [4.69, 9.17) is 5.11 Å². The number of hydrogen-bond acceptors (Lipinski definition) is 4. The Balaban J connectivity index is 2.71. The zero-order valence-electron chi connectivity index (χ0n) is 22.2. The van der Waals surface area contributed by atoms with Crippen LogP contribution in [0.5, 0.6) is 0 Å². The molecule has 308 valence electrons. The summed E-state index contributed by atoms with van der Waals surface area (Å²) in [6, 6.07) is 0. The minimum absolute atomic E-state index is 1.24. The molecular weight excluding hydrogens is 848 g/mol. The van der Waals surface area contributed by atoms with E-state index >= 15 is 52.7 Å². The minimum Gasteiger partial charge on any atom is -0.350 e. The first-order valence-electron chi connectivity index (χ1n) is 11.5. The van der Waals surface area contributed by atoms with Crippen LogP contribution in [0.25, 0.3) is 0 Å². The van der Waals surface area contributed by atoms with Gasteiger partial charge in [-0.1, -0.05) is 0 Å². The quantitative estimate of drug-likeness (QED) is 0.195. The molecule has 3 N–H and O–H groups in total. The van der Waals surface area contributed by atoms with Gasteiger partial charge in [0.2, 0.25) is 0 Å². The van der Waals surface area contributed by atoms with Gasteiger partial charge in [-0.05, 0) is 0 Å². The van der Waals surface area contributed by atoms with Crippen molar-refractivity contribution in [1.82, 2.24) is 0 Å². The molecule has 0 radical (unpaired) electrons. The van der Waals surface area contributed by atoms with Crippen LogP contribution >= 0.6 is 0 Å². The lowest BCUT2D eigenvalue weighted by molar-refractivity contribution is -0.657. The summed E-state index contributed by atoms with van der Waals surface area (Å²) in [7, 11) is 0. The van der Waals surface area contributed by atoms with Gasteiger partial charge in [-0.2, -0.15) is 119 Å². The molecule has 4 bridgehead atoms. The van der Waals surface area contributed by atoms with E-state index in [-0.39, 0.29) is 0 Å². The number of hydrogen-bond donors (Lipinski definition) is 2. The van der Waals surface area contributed by atoms with Crippen LogP contribution in [0.3, 0.4) is 0 Å². The van der Waals surface area contributed by atoms with Crippen molar-refractivity contribution in [2.45, 2.75) is 106 Å². The Morgan fingerprint density at radius 2 is 0.615 bits per heavy atom. The molecule has 34 heteroatoms. The molecule has 52 heavy (non-hydrogen) atoms. The predicted molar refractivity (Wildman–Crippen MR) is 91.0 cm³/mol. The Labute approximate surface area is 259 Å². The van der Waals surface area contributed by atoms with E-state index in [0.29, 0.717) is 0 Å². The summed E-state index contributed by atoms with van der Waals surface area (Å²) in [6.07, 6.45) is -34.5. The van der Waals surface area contributed by atoms with Crippen LogP contribution < -0.4 is 5.73 Å². The molecule has 0 aromatic carbocycles. The van der Waals surface area contributed by atoms with Gasteiger partial charge < -0.3 is 5.11 Å². The van der Waals surface area contributed by atoms with Crippen molar-refractivity contribution in [3.8, 4) is 0 Å². The molecule has 0 heterocycles. The summed E-state index contributed by atoms with van der Waals surface area (Å²) in [5.41, 5.74) is -34.6. The maximum Gasteiger partial charge on any atom is 0.459 e. The highest BCUT2D eigenvalue weighted by molar-refractivity contribution is 5.55. The van der Waals surface area contributed by atoms with E-state index in [1.165, 1.54) is 9.47 Å². The third kappa shape index (κ3) is 3.54. The second-order valence-electron chi connectivity index (χ2n) is 10.8. The number of rotatable bonds is 8. The van der Waals surface area contributed by atoms with Crippen molar-refractivity contribution in [3.63, 3.8) is 0 Å². The molecule has 0 aromatic rings. The molecule has 4 nitrogen and oxygen atoms in total. The molecule has 0 spiro atoms. The van der Waals surface area contributed by atoms with E-state index in [2.05, 4.69) is 5.73 Å². The Hall–Kier alpha value is -2.26. The first-order valence-corrected chi connectivity index (χ1v) is 11.5. The van der Waals surface area contributed by atoms with Gasteiger partial charge in [0, 0.05) is 0 Å². The monoisotopic (exact) mass is 851 g/mol. The molecule has 0 aliphatic heterocycles. The SMILES string of the molecule is NC(F)(C(F)(F)OC12C(F)(F)C3(F)C(F)(F)C(F)(C1(F)F)C(F)(F)C(OC(F)(F)C(O)(F)C(F)(F)C(F)(F)F)(C3(F)F)C2(F)F)C(F)(F)C(F)(F)F. The van der Waals surface area contributed by atoms with E-state index in [1.54, 1.807) is 0 Å². The summed E-state index contributed by atoms with van der Waals surface area (Å²) in [6.45, 7) is 0.